The number of thioether (sulfide) groups is 1. The first-order chi connectivity index (χ1) is 11.6. The molecule has 0 amide bonds. The van der Waals surface area contributed by atoms with Crippen molar-refractivity contribution in [3.05, 3.63) is 65.7 Å². The SMILES string of the molecule is Cc1cccc(SCc2nc(N)nc(Nc3ccc(F)cc3)n2)c1. The van der Waals surface area contributed by atoms with Gasteiger partial charge in [-0.25, -0.2) is 4.39 Å². The third-order valence-electron chi connectivity index (χ3n) is 3.16. The highest BCUT2D eigenvalue weighted by atomic mass is 32.2. The first kappa shape index (κ1) is 16.2. The average Bonchev–Trinajstić information content (AvgIpc) is 2.55. The molecule has 0 fully saturated rings. The first-order valence-electron chi connectivity index (χ1n) is 7.31. The molecule has 5 nitrogen and oxygen atoms in total. The lowest BCUT2D eigenvalue weighted by Gasteiger charge is -2.07. The Kier molecular flexibility index (Phi) is 4.90. The molecule has 0 aliphatic heterocycles. The molecular formula is C17H16FN5S. The Bertz CT molecular complexity index is 839. The lowest BCUT2D eigenvalue weighted by atomic mass is 10.2. The largest absolute Gasteiger partial charge is 0.368 e. The van der Waals surface area contributed by atoms with Crippen LogP contribution >= 0.6 is 11.8 Å². The van der Waals surface area contributed by atoms with Gasteiger partial charge in [-0.15, -0.1) is 11.8 Å². The summed E-state index contributed by atoms with van der Waals surface area (Å²) in [5.74, 6) is 1.35. The molecule has 0 spiro atoms. The number of nitrogen functional groups attached to an aromatic ring is 1. The van der Waals surface area contributed by atoms with Crippen molar-refractivity contribution in [3.63, 3.8) is 0 Å². The third kappa shape index (κ3) is 4.42. The van der Waals surface area contributed by atoms with Crippen molar-refractivity contribution in [2.24, 2.45) is 0 Å². The van der Waals surface area contributed by atoms with E-state index in [1.807, 2.05) is 12.1 Å². The fourth-order valence-electron chi connectivity index (χ4n) is 2.07. The predicted octanol–water partition coefficient (Wildman–Crippen LogP) is 3.94. The molecule has 0 aliphatic carbocycles. The molecule has 1 aromatic heterocycles. The standard InChI is InChI=1S/C17H16FN5S/c1-11-3-2-4-14(9-11)24-10-15-21-16(19)23-17(22-15)20-13-7-5-12(18)6-8-13/h2-9H,10H2,1H3,(H3,19,20,21,22,23). The molecule has 0 aliphatic rings. The molecular weight excluding hydrogens is 325 g/mol. The number of hydrogen-bond acceptors (Lipinski definition) is 6. The highest BCUT2D eigenvalue weighted by molar-refractivity contribution is 7.98. The lowest BCUT2D eigenvalue weighted by Crippen LogP contribution is -2.06. The third-order valence-corrected chi connectivity index (χ3v) is 4.15. The lowest BCUT2D eigenvalue weighted by molar-refractivity contribution is 0.628. The molecule has 7 heteroatoms. The Hall–Kier alpha value is -2.67. The molecule has 3 rings (SSSR count). The number of nitrogens with two attached hydrogens (primary N) is 1. The number of halogens is 1. The van der Waals surface area contributed by atoms with E-state index in [0.29, 0.717) is 23.2 Å². The fourth-order valence-corrected chi connectivity index (χ4v) is 2.94. The van der Waals surface area contributed by atoms with Crippen molar-refractivity contribution in [1.29, 1.82) is 0 Å². The minimum absolute atomic E-state index is 0.148. The Balaban J connectivity index is 1.72. The summed E-state index contributed by atoms with van der Waals surface area (Å²) in [6.07, 6.45) is 0. The van der Waals surface area contributed by atoms with Crippen LogP contribution in [0.5, 0.6) is 0 Å². The maximum Gasteiger partial charge on any atom is 0.232 e. The van der Waals surface area contributed by atoms with Crippen LogP contribution in [0.1, 0.15) is 11.4 Å². The molecule has 1 heterocycles. The Labute approximate surface area is 143 Å². The van der Waals surface area contributed by atoms with Crippen molar-refractivity contribution in [1.82, 2.24) is 15.0 Å². The summed E-state index contributed by atoms with van der Waals surface area (Å²) in [7, 11) is 0. The van der Waals surface area contributed by atoms with E-state index < -0.39 is 0 Å². The topological polar surface area (TPSA) is 76.7 Å². The van der Waals surface area contributed by atoms with Crippen LogP contribution < -0.4 is 11.1 Å². The summed E-state index contributed by atoms with van der Waals surface area (Å²) in [5.41, 5.74) is 7.64. The van der Waals surface area contributed by atoms with Crippen LogP contribution in [0.25, 0.3) is 0 Å². The quantitative estimate of drug-likeness (QED) is 0.685. The van der Waals surface area contributed by atoms with Crippen LogP contribution in [0.4, 0.5) is 22.0 Å². The zero-order valence-electron chi connectivity index (χ0n) is 13.0. The minimum atomic E-state index is -0.300. The normalized spacial score (nSPS) is 10.6. The van der Waals surface area contributed by atoms with E-state index in [4.69, 9.17) is 5.73 Å². The van der Waals surface area contributed by atoms with Gasteiger partial charge in [0.15, 0.2) is 0 Å². The van der Waals surface area contributed by atoms with Crippen LogP contribution in [0.2, 0.25) is 0 Å². The second-order valence-corrected chi connectivity index (χ2v) is 6.22. The highest BCUT2D eigenvalue weighted by Crippen LogP contribution is 2.23. The molecule has 0 saturated heterocycles. The van der Waals surface area contributed by atoms with Gasteiger partial charge in [-0.1, -0.05) is 17.7 Å². The predicted molar refractivity (Wildman–Crippen MR) is 94.7 cm³/mol. The van der Waals surface area contributed by atoms with Gasteiger partial charge in [0, 0.05) is 10.6 Å². The van der Waals surface area contributed by atoms with Crippen LogP contribution in [-0.4, -0.2) is 15.0 Å². The molecule has 3 N–H and O–H groups in total. The molecule has 0 unspecified atom stereocenters. The molecule has 0 saturated carbocycles. The van der Waals surface area contributed by atoms with Gasteiger partial charge in [0.1, 0.15) is 11.6 Å². The Morgan fingerprint density at radius 1 is 1.08 bits per heavy atom. The van der Waals surface area contributed by atoms with E-state index in [-0.39, 0.29) is 11.8 Å². The van der Waals surface area contributed by atoms with Crippen molar-refractivity contribution in [2.75, 3.05) is 11.1 Å². The molecule has 0 radical (unpaired) electrons. The first-order valence-corrected chi connectivity index (χ1v) is 8.29. The van der Waals surface area contributed by atoms with Gasteiger partial charge in [-0.2, -0.15) is 15.0 Å². The van der Waals surface area contributed by atoms with E-state index in [2.05, 4.69) is 39.3 Å². The molecule has 2 aromatic carbocycles. The summed E-state index contributed by atoms with van der Waals surface area (Å²) in [4.78, 5) is 13.7. The van der Waals surface area contributed by atoms with Gasteiger partial charge in [0.2, 0.25) is 11.9 Å². The van der Waals surface area contributed by atoms with E-state index >= 15 is 0 Å². The number of rotatable bonds is 5. The number of nitrogens with zero attached hydrogens (tertiary/aromatic N) is 3. The van der Waals surface area contributed by atoms with E-state index in [1.54, 1.807) is 23.9 Å². The molecule has 0 bridgehead atoms. The zero-order chi connectivity index (χ0) is 16.9. The van der Waals surface area contributed by atoms with Crippen LogP contribution in [0.3, 0.4) is 0 Å². The number of aromatic nitrogens is 3. The van der Waals surface area contributed by atoms with Crippen LogP contribution in [0.15, 0.2) is 53.4 Å². The maximum absolute atomic E-state index is 13.0. The van der Waals surface area contributed by atoms with Crippen molar-refractivity contribution >= 4 is 29.3 Å². The zero-order valence-corrected chi connectivity index (χ0v) is 13.8. The van der Waals surface area contributed by atoms with Crippen molar-refractivity contribution in [2.45, 2.75) is 17.6 Å². The summed E-state index contributed by atoms with van der Waals surface area (Å²) in [6, 6.07) is 14.2. The maximum atomic E-state index is 13.0. The van der Waals surface area contributed by atoms with E-state index in [0.717, 1.165) is 4.90 Å². The second kappa shape index (κ2) is 7.27. The van der Waals surface area contributed by atoms with Gasteiger partial charge in [-0.05, 0) is 43.3 Å². The molecule has 3 aromatic rings. The highest BCUT2D eigenvalue weighted by Gasteiger charge is 2.06. The molecule has 0 atom stereocenters. The van der Waals surface area contributed by atoms with E-state index in [9.17, 15) is 4.39 Å². The van der Waals surface area contributed by atoms with Gasteiger partial charge < -0.3 is 11.1 Å². The van der Waals surface area contributed by atoms with Gasteiger partial charge in [0.05, 0.1) is 5.75 Å². The smallest absolute Gasteiger partial charge is 0.232 e. The number of hydrogen-bond donors (Lipinski definition) is 2. The summed E-state index contributed by atoms with van der Waals surface area (Å²) < 4.78 is 13.0. The average molecular weight is 341 g/mol. The van der Waals surface area contributed by atoms with Gasteiger partial charge >= 0.3 is 0 Å². The van der Waals surface area contributed by atoms with Crippen LogP contribution in [-0.2, 0) is 5.75 Å². The van der Waals surface area contributed by atoms with Gasteiger partial charge in [-0.3, -0.25) is 0 Å². The summed E-state index contributed by atoms with van der Waals surface area (Å²) in [5, 5.41) is 3.00. The monoisotopic (exact) mass is 341 g/mol. The Morgan fingerprint density at radius 2 is 1.88 bits per heavy atom. The number of anilines is 3. The molecule has 24 heavy (non-hydrogen) atoms. The van der Waals surface area contributed by atoms with E-state index in [1.165, 1.54) is 17.7 Å². The number of aryl methyl sites for hydroxylation is 1. The number of nitrogens with one attached hydrogen (secondary N) is 1. The minimum Gasteiger partial charge on any atom is -0.368 e. The summed E-state index contributed by atoms with van der Waals surface area (Å²) in [6.45, 7) is 2.05. The van der Waals surface area contributed by atoms with Crippen LogP contribution in [0, 0.1) is 12.7 Å². The second-order valence-electron chi connectivity index (χ2n) is 5.17. The number of benzene rings is 2. The van der Waals surface area contributed by atoms with Crippen molar-refractivity contribution in [3.8, 4) is 0 Å². The van der Waals surface area contributed by atoms with Gasteiger partial charge in [0.25, 0.3) is 0 Å². The molecule has 122 valence electrons. The van der Waals surface area contributed by atoms with Crippen molar-refractivity contribution < 1.29 is 4.39 Å². The Morgan fingerprint density at radius 3 is 2.62 bits per heavy atom. The fraction of sp³-hybridized carbons (Fsp3) is 0.118. The summed E-state index contributed by atoms with van der Waals surface area (Å²) >= 11 is 1.63.